The maximum atomic E-state index is 6.50. The Kier molecular flexibility index (Phi) is 7.39. The van der Waals surface area contributed by atoms with Gasteiger partial charge in [-0.05, 0) is 62.7 Å². The Morgan fingerprint density at radius 3 is 1.59 bits per heavy atom. The predicted molar refractivity (Wildman–Crippen MR) is 228 cm³/mol. The summed E-state index contributed by atoms with van der Waals surface area (Å²) < 4.78 is 6.50. The largest absolute Gasteiger partial charge is 0.455 e. The Bertz CT molecular complexity index is 3030. The van der Waals surface area contributed by atoms with Gasteiger partial charge in [0.25, 0.3) is 0 Å². The van der Waals surface area contributed by atoms with Crippen LogP contribution in [0.25, 0.3) is 78.1 Å². The van der Waals surface area contributed by atoms with Crippen LogP contribution < -0.4 is 0 Å². The van der Waals surface area contributed by atoms with Gasteiger partial charge >= 0.3 is 0 Å². The van der Waals surface area contributed by atoms with Crippen LogP contribution in [0.3, 0.4) is 0 Å². The van der Waals surface area contributed by atoms with E-state index in [4.69, 9.17) is 14.4 Å². The molecule has 1 aliphatic rings. The normalized spacial score (nSPS) is 12.8. The molecule has 0 atom stereocenters. The molecule has 0 spiro atoms. The van der Waals surface area contributed by atoms with Gasteiger partial charge < -0.3 is 4.42 Å². The number of fused-ring (bicyclic) bond motifs is 6. The topological polar surface area (TPSA) is 38.9 Å². The van der Waals surface area contributed by atoms with Gasteiger partial charge in [0.1, 0.15) is 11.2 Å². The lowest BCUT2D eigenvalue weighted by molar-refractivity contribution is 0.670. The van der Waals surface area contributed by atoms with E-state index < -0.39 is 5.41 Å². The van der Waals surface area contributed by atoms with Gasteiger partial charge in [-0.3, -0.25) is 0 Å². The molecule has 0 unspecified atom stereocenters. The minimum absolute atomic E-state index is 0.448. The van der Waals surface area contributed by atoms with Crippen molar-refractivity contribution in [3.05, 3.63) is 229 Å². The van der Waals surface area contributed by atoms with E-state index in [-0.39, 0.29) is 0 Å². The molecule has 0 bridgehead atoms. The van der Waals surface area contributed by atoms with E-state index in [1.54, 1.807) is 0 Å². The molecule has 1 aliphatic carbocycles. The van der Waals surface area contributed by atoms with Gasteiger partial charge in [0.15, 0.2) is 5.82 Å². The lowest BCUT2D eigenvalue weighted by Gasteiger charge is -2.34. The Balaban J connectivity index is 1.08. The van der Waals surface area contributed by atoms with Crippen LogP contribution in [0.1, 0.15) is 22.3 Å². The molecular formula is C53H34N2O. The molecule has 0 saturated heterocycles. The molecule has 0 fully saturated rings. The van der Waals surface area contributed by atoms with Crippen LogP contribution in [-0.2, 0) is 5.41 Å². The van der Waals surface area contributed by atoms with Crippen molar-refractivity contribution in [1.82, 2.24) is 9.97 Å². The van der Waals surface area contributed by atoms with Crippen molar-refractivity contribution in [2.24, 2.45) is 0 Å². The zero-order chi connectivity index (χ0) is 37.1. The first-order valence-electron chi connectivity index (χ1n) is 19.1. The number of furan rings is 1. The highest BCUT2D eigenvalue weighted by atomic mass is 16.3. The third kappa shape index (κ3) is 4.91. The summed E-state index contributed by atoms with van der Waals surface area (Å²) in [7, 11) is 0. The molecule has 56 heavy (non-hydrogen) atoms. The minimum Gasteiger partial charge on any atom is -0.455 e. The molecule has 2 aromatic heterocycles. The standard InChI is InChI=1S/C53H34N2O/c1-3-16-36(17-4-1)52-54-48(34-49(55-52)45-26-15-25-44-43-24-11-14-29-50(43)56-51(44)45)42-23-8-7-20-39(42)35-30-32-38(33-31-35)53(37-18-5-2-6-19-37)46-27-12-9-21-40(46)41-22-10-13-28-47(41)53/h1-34H. The van der Waals surface area contributed by atoms with Gasteiger partial charge in [0, 0.05) is 27.5 Å². The quantitative estimate of drug-likeness (QED) is 0.172. The Hall–Kier alpha value is -7.36. The summed E-state index contributed by atoms with van der Waals surface area (Å²) in [4.78, 5) is 10.4. The number of nitrogens with zero attached hydrogens (tertiary/aromatic N) is 2. The molecule has 262 valence electrons. The van der Waals surface area contributed by atoms with Crippen molar-refractivity contribution in [1.29, 1.82) is 0 Å². The van der Waals surface area contributed by atoms with Crippen LogP contribution in [0.4, 0.5) is 0 Å². The number of para-hydroxylation sites is 2. The summed E-state index contributed by atoms with van der Waals surface area (Å²) in [5.74, 6) is 0.666. The van der Waals surface area contributed by atoms with E-state index in [0.717, 1.165) is 61.1 Å². The summed E-state index contributed by atoms with van der Waals surface area (Å²) in [5.41, 5.74) is 15.7. The van der Waals surface area contributed by atoms with Crippen LogP contribution in [0.2, 0.25) is 0 Å². The van der Waals surface area contributed by atoms with E-state index in [1.165, 1.54) is 33.4 Å². The van der Waals surface area contributed by atoms with Crippen LogP contribution in [0, 0.1) is 0 Å². The lowest BCUT2D eigenvalue weighted by Crippen LogP contribution is -2.28. The second-order valence-corrected chi connectivity index (χ2v) is 14.4. The van der Waals surface area contributed by atoms with Crippen molar-refractivity contribution in [2.45, 2.75) is 5.41 Å². The van der Waals surface area contributed by atoms with E-state index in [0.29, 0.717) is 5.82 Å². The van der Waals surface area contributed by atoms with Crippen LogP contribution >= 0.6 is 0 Å². The maximum absolute atomic E-state index is 6.50. The molecule has 0 N–H and O–H groups in total. The Labute approximate surface area is 325 Å². The Morgan fingerprint density at radius 1 is 0.357 bits per heavy atom. The SMILES string of the molecule is c1ccc(-c2nc(-c3ccccc3-c3ccc(C4(c5ccccc5)c5ccccc5-c5ccccc54)cc3)cc(-c3cccc4c3oc3ccccc34)n2)cc1. The lowest BCUT2D eigenvalue weighted by atomic mass is 9.67. The number of hydrogen-bond acceptors (Lipinski definition) is 3. The monoisotopic (exact) mass is 714 g/mol. The molecular weight excluding hydrogens is 681 g/mol. The van der Waals surface area contributed by atoms with E-state index in [9.17, 15) is 0 Å². The number of aromatic nitrogens is 2. The molecule has 8 aromatic carbocycles. The van der Waals surface area contributed by atoms with Gasteiger partial charge in [0.2, 0.25) is 0 Å². The fourth-order valence-corrected chi connectivity index (χ4v) is 8.96. The van der Waals surface area contributed by atoms with Crippen LogP contribution in [0.15, 0.2) is 211 Å². The minimum atomic E-state index is -0.448. The molecule has 2 heterocycles. The van der Waals surface area contributed by atoms with Crippen molar-refractivity contribution in [3.8, 4) is 56.2 Å². The van der Waals surface area contributed by atoms with Gasteiger partial charge in [-0.25, -0.2) is 9.97 Å². The van der Waals surface area contributed by atoms with Gasteiger partial charge in [0.05, 0.1) is 16.8 Å². The number of rotatable bonds is 6. The molecule has 10 aromatic rings. The fourth-order valence-electron chi connectivity index (χ4n) is 8.96. The Morgan fingerprint density at radius 2 is 0.875 bits per heavy atom. The van der Waals surface area contributed by atoms with Crippen LogP contribution in [0.5, 0.6) is 0 Å². The highest BCUT2D eigenvalue weighted by Crippen LogP contribution is 2.56. The zero-order valence-electron chi connectivity index (χ0n) is 30.4. The van der Waals surface area contributed by atoms with Crippen molar-refractivity contribution < 1.29 is 4.42 Å². The van der Waals surface area contributed by atoms with Crippen molar-refractivity contribution in [3.63, 3.8) is 0 Å². The van der Waals surface area contributed by atoms with Gasteiger partial charge in [-0.15, -0.1) is 0 Å². The second kappa shape index (κ2) is 12.9. The zero-order valence-corrected chi connectivity index (χ0v) is 30.4. The molecule has 0 amide bonds. The average molecular weight is 715 g/mol. The van der Waals surface area contributed by atoms with Crippen molar-refractivity contribution in [2.75, 3.05) is 0 Å². The molecule has 3 heteroatoms. The molecule has 0 aliphatic heterocycles. The summed E-state index contributed by atoms with van der Waals surface area (Å²) in [5, 5.41) is 2.16. The maximum Gasteiger partial charge on any atom is 0.160 e. The van der Waals surface area contributed by atoms with E-state index in [1.807, 2.05) is 30.3 Å². The first kappa shape index (κ1) is 32.1. The molecule has 3 nitrogen and oxygen atoms in total. The highest BCUT2D eigenvalue weighted by Gasteiger charge is 2.45. The van der Waals surface area contributed by atoms with Gasteiger partial charge in [-0.2, -0.15) is 0 Å². The first-order valence-corrected chi connectivity index (χ1v) is 19.1. The smallest absolute Gasteiger partial charge is 0.160 e. The number of hydrogen-bond donors (Lipinski definition) is 0. The molecule has 0 radical (unpaired) electrons. The predicted octanol–water partition coefficient (Wildman–Crippen LogP) is 13.4. The molecule has 11 rings (SSSR count). The third-order valence-electron chi connectivity index (χ3n) is 11.4. The second-order valence-electron chi connectivity index (χ2n) is 14.4. The molecule has 0 saturated carbocycles. The summed E-state index contributed by atoms with van der Waals surface area (Å²) in [6, 6.07) is 73.3. The fraction of sp³-hybridized carbons (Fsp3) is 0.0189. The third-order valence-corrected chi connectivity index (χ3v) is 11.4. The summed E-state index contributed by atoms with van der Waals surface area (Å²) in [6.07, 6.45) is 0. The number of benzene rings is 8. The highest BCUT2D eigenvalue weighted by molar-refractivity contribution is 6.09. The van der Waals surface area contributed by atoms with E-state index in [2.05, 4.69) is 176 Å². The van der Waals surface area contributed by atoms with E-state index >= 15 is 0 Å². The van der Waals surface area contributed by atoms with Gasteiger partial charge in [-0.1, -0.05) is 188 Å². The summed E-state index contributed by atoms with van der Waals surface area (Å²) >= 11 is 0. The van der Waals surface area contributed by atoms with Crippen LogP contribution in [-0.4, -0.2) is 9.97 Å². The summed E-state index contributed by atoms with van der Waals surface area (Å²) in [6.45, 7) is 0. The average Bonchev–Trinajstić information content (AvgIpc) is 3.81. The first-order chi connectivity index (χ1) is 27.8. The van der Waals surface area contributed by atoms with Crippen molar-refractivity contribution >= 4 is 21.9 Å².